The van der Waals surface area contributed by atoms with E-state index in [0.29, 0.717) is 34.9 Å². The molecule has 0 spiro atoms. The van der Waals surface area contributed by atoms with Crippen LogP contribution in [0.4, 0.5) is 10.2 Å². The monoisotopic (exact) mass is 359 g/mol. The number of pyridine rings is 1. The van der Waals surface area contributed by atoms with Gasteiger partial charge in [0.05, 0.1) is 11.2 Å². The van der Waals surface area contributed by atoms with Crippen LogP contribution in [0, 0.1) is 5.82 Å². The number of carbonyl (C=O) groups excluding carboxylic acids is 1. The van der Waals surface area contributed by atoms with E-state index in [1.54, 1.807) is 18.5 Å². The van der Waals surface area contributed by atoms with Crippen molar-refractivity contribution < 1.29 is 9.18 Å². The summed E-state index contributed by atoms with van der Waals surface area (Å²) in [4.78, 5) is 27.2. The molecule has 8 heteroatoms. The van der Waals surface area contributed by atoms with Gasteiger partial charge in [0.1, 0.15) is 11.4 Å². The fraction of sp³-hybridized carbons (Fsp3) is 0.294. The average Bonchev–Trinajstić information content (AvgIpc) is 3.00. The molecule has 3 aromatic heterocycles. The SMILES string of the molecule is O=C1CCC[C@H](Nc2nc(-c3c[nH]c4ncc(Cl)cc34)ncc2F)C1. The summed E-state index contributed by atoms with van der Waals surface area (Å²) in [6.45, 7) is 0. The Kier molecular flexibility index (Phi) is 4.09. The maximum atomic E-state index is 14.1. The van der Waals surface area contributed by atoms with Crippen molar-refractivity contribution in [3.8, 4) is 11.4 Å². The molecule has 3 aromatic rings. The Morgan fingerprint density at radius 1 is 1.32 bits per heavy atom. The number of nitrogens with one attached hydrogen (secondary N) is 2. The Labute approximate surface area is 147 Å². The number of halogens is 2. The number of aromatic nitrogens is 4. The van der Waals surface area contributed by atoms with Gasteiger partial charge in [0.25, 0.3) is 0 Å². The lowest BCUT2D eigenvalue weighted by molar-refractivity contribution is -0.120. The van der Waals surface area contributed by atoms with Gasteiger partial charge in [-0.15, -0.1) is 0 Å². The fourth-order valence-corrected chi connectivity index (χ4v) is 3.26. The first-order valence-corrected chi connectivity index (χ1v) is 8.42. The number of nitrogens with zero attached hydrogens (tertiary/aromatic N) is 3. The van der Waals surface area contributed by atoms with Gasteiger partial charge in [-0.05, 0) is 18.9 Å². The van der Waals surface area contributed by atoms with E-state index in [2.05, 4.69) is 25.3 Å². The van der Waals surface area contributed by atoms with Gasteiger partial charge in [0.2, 0.25) is 0 Å². The predicted molar refractivity (Wildman–Crippen MR) is 93.0 cm³/mol. The van der Waals surface area contributed by atoms with Crippen molar-refractivity contribution in [1.82, 2.24) is 19.9 Å². The molecule has 0 bridgehead atoms. The lowest BCUT2D eigenvalue weighted by atomic mass is 9.94. The van der Waals surface area contributed by atoms with Gasteiger partial charge in [-0.1, -0.05) is 11.6 Å². The van der Waals surface area contributed by atoms with Crippen LogP contribution in [0.1, 0.15) is 25.7 Å². The molecule has 4 rings (SSSR count). The van der Waals surface area contributed by atoms with Crippen LogP contribution in [0.15, 0.2) is 24.7 Å². The van der Waals surface area contributed by atoms with Gasteiger partial charge in [-0.3, -0.25) is 4.79 Å². The number of hydrogen-bond acceptors (Lipinski definition) is 5. The number of ketones is 1. The van der Waals surface area contributed by atoms with E-state index in [9.17, 15) is 9.18 Å². The quantitative estimate of drug-likeness (QED) is 0.744. The molecular weight excluding hydrogens is 345 g/mol. The fourth-order valence-electron chi connectivity index (χ4n) is 3.10. The van der Waals surface area contributed by atoms with E-state index in [1.807, 2.05) is 0 Å². The highest BCUT2D eigenvalue weighted by molar-refractivity contribution is 6.31. The number of anilines is 1. The highest BCUT2D eigenvalue weighted by Crippen LogP contribution is 2.28. The summed E-state index contributed by atoms with van der Waals surface area (Å²) in [5, 5.41) is 4.30. The summed E-state index contributed by atoms with van der Waals surface area (Å²) in [7, 11) is 0. The number of carbonyl (C=O) groups is 1. The molecule has 1 aliphatic carbocycles. The van der Waals surface area contributed by atoms with Crippen molar-refractivity contribution in [2.45, 2.75) is 31.7 Å². The third-order valence-corrected chi connectivity index (χ3v) is 4.51. The van der Waals surface area contributed by atoms with Crippen molar-refractivity contribution in [1.29, 1.82) is 0 Å². The molecule has 0 unspecified atom stereocenters. The van der Waals surface area contributed by atoms with Gasteiger partial charge in [-0.25, -0.2) is 19.3 Å². The van der Waals surface area contributed by atoms with Crippen LogP contribution in [-0.2, 0) is 4.79 Å². The van der Waals surface area contributed by atoms with E-state index < -0.39 is 5.82 Å². The number of aromatic amines is 1. The molecule has 0 aliphatic heterocycles. The second kappa shape index (κ2) is 6.40. The number of Topliss-reactive ketones (excluding diaryl/α,β-unsaturated/α-hetero) is 1. The Morgan fingerprint density at radius 3 is 3.04 bits per heavy atom. The molecule has 25 heavy (non-hydrogen) atoms. The van der Waals surface area contributed by atoms with Gasteiger partial charge >= 0.3 is 0 Å². The van der Waals surface area contributed by atoms with Crippen LogP contribution in [0.2, 0.25) is 5.02 Å². The van der Waals surface area contributed by atoms with Crippen molar-refractivity contribution in [3.63, 3.8) is 0 Å². The zero-order valence-corrected chi connectivity index (χ0v) is 14.0. The van der Waals surface area contributed by atoms with E-state index >= 15 is 0 Å². The summed E-state index contributed by atoms with van der Waals surface area (Å²) in [6.07, 6.45) is 7.01. The topological polar surface area (TPSA) is 83.6 Å². The smallest absolute Gasteiger partial charge is 0.183 e. The lowest BCUT2D eigenvalue weighted by Crippen LogP contribution is -2.28. The molecule has 6 nitrogen and oxygen atoms in total. The molecule has 0 radical (unpaired) electrons. The minimum atomic E-state index is -0.544. The van der Waals surface area contributed by atoms with Gasteiger partial charge in [-0.2, -0.15) is 0 Å². The second-order valence-electron chi connectivity index (χ2n) is 6.12. The summed E-state index contributed by atoms with van der Waals surface area (Å²) in [6, 6.07) is 1.66. The number of fused-ring (bicyclic) bond motifs is 1. The first-order valence-electron chi connectivity index (χ1n) is 8.04. The zero-order chi connectivity index (χ0) is 17.4. The lowest BCUT2D eigenvalue weighted by Gasteiger charge is -2.22. The minimum absolute atomic E-state index is 0.0995. The Balaban J connectivity index is 1.69. The minimum Gasteiger partial charge on any atom is -0.364 e. The van der Waals surface area contributed by atoms with Crippen molar-refractivity contribution >= 4 is 34.2 Å². The Morgan fingerprint density at radius 2 is 2.20 bits per heavy atom. The summed E-state index contributed by atoms with van der Waals surface area (Å²) in [5.74, 6) is 0.115. The molecule has 0 aromatic carbocycles. The van der Waals surface area contributed by atoms with Gasteiger partial charge < -0.3 is 10.3 Å². The van der Waals surface area contributed by atoms with Crippen LogP contribution < -0.4 is 5.32 Å². The summed E-state index contributed by atoms with van der Waals surface area (Å²) in [5.41, 5.74) is 1.34. The normalized spacial score (nSPS) is 17.8. The van der Waals surface area contributed by atoms with E-state index in [4.69, 9.17) is 11.6 Å². The third-order valence-electron chi connectivity index (χ3n) is 4.31. The molecule has 1 fully saturated rings. The van der Waals surface area contributed by atoms with Crippen LogP contribution in [0.5, 0.6) is 0 Å². The Hall–Kier alpha value is -2.54. The van der Waals surface area contributed by atoms with Crippen LogP contribution in [-0.4, -0.2) is 31.8 Å². The molecule has 3 heterocycles. The first-order chi connectivity index (χ1) is 12.1. The van der Waals surface area contributed by atoms with Gasteiger partial charge in [0.15, 0.2) is 17.5 Å². The molecule has 2 N–H and O–H groups in total. The van der Waals surface area contributed by atoms with Crippen LogP contribution in [0.25, 0.3) is 22.4 Å². The van der Waals surface area contributed by atoms with Crippen molar-refractivity contribution in [2.24, 2.45) is 0 Å². The average molecular weight is 360 g/mol. The molecule has 1 saturated carbocycles. The van der Waals surface area contributed by atoms with Crippen LogP contribution >= 0.6 is 11.6 Å². The maximum absolute atomic E-state index is 14.1. The number of rotatable bonds is 3. The maximum Gasteiger partial charge on any atom is 0.183 e. The highest BCUT2D eigenvalue weighted by Gasteiger charge is 2.21. The number of H-pyrrole nitrogens is 1. The molecule has 0 saturated heterocycles. The van der Waals surface area contributed by atoms with Crippen molar-refractivity contribution in [2.75, 3.05) is 5.32 Å². The van der Waals surface area contributed by atoms with E-state index in [1.165, 1.54) is 0 Å². The predicted octanol–water partition coefficient (Wildman–Crippen LogP) is 3.74. The third kappa shape index (κ3) is 3.19. The Bertz CT molecular complexity index is 957. The molecule has 1 aliphatic rings. The largest absolute Gasteiger partial charge is 0.364 e. The molecule has 1 atom stereocenters. The van der Waals surface area contributed by atoms with Crippen LogP contribution in [0.3, 0.4) is 0 Å². The summed E-state index contributed by atoms with van der Waals surface area (Å²) < 4.78 is 14.1. The van der Waals surface area contributed by atoms with Crippen molar-refractivity contribution in [3.05, 3.63) is 35.5 Å². The zero-order valence-electron chi connectivity index (χ0n) is 13.2. The van der Waals surface area contributed by atoms with E-state index in [0.717, 1.165) is 24.4 Å². The summed E-state index contributed by atoms with van der Waals surface area (Å²) >= 11 is 6.01. The van der Waals surface area contributed by atoms with Gasteiger partial charge in [0, 0.05) is 42.2 Å². The van der Waals surface area contributed by atoms with E-state index in [-0.39, 0.29) is 17.6 Å². The number of hydrogen-bond donors (Lipinski definition) is 2. The molecular formula is C17H15ClFN5O. The second-order valence-corrected chi connectivity index (χ2v) is 6.55. The standard InChI is InChI=1S/C17H15ClFN5O/c18-9-4-12-13(7-21-15(12)20-6-9)16-22-8-14(19)17(24-16)23-10-2-1-3-11(25)5-10/h4,6-8,10H,1-3,5H2,(H,20,21)(H,22,23,24)/t10-/m0/s1. The molecule has 0 amide bonds. The molecule has 128 valence electrons. The first kappa shape index (κ1) is 16.0. The highest BCUT2D eigenvalue weighted by atomic mass is 35.5.